The van der Waals surface area contributed by atoms with E-state index in [-0.39, 0.29) is 0 Å². The maximum Gasteiger partial charge on any atom is 0.212 e. The molecule has 2 aromatic rings. The summed E-state index contributed by atoms with van der Waals surface area (Å²) in [5, 5.41) is 3.40. The van der Waals surface area contributed by atoms with Gasteiger partial charge >= 0.3 is 0 Å². The van der Waals surface area contributed by atoms with Crippen LogP contribution in [0.5, 0.6) is 0 Å². The molecule has 1 atom stereocenters. The summed E-state index contributed by atoms with van der Waals surface area (Å²) in [5.41, 5.74) is 2.44. The van der Waals surface area contributed by atoms with Crippen molar-refractivity contribution in [2.75, 3.05) is 6.54 Å². The predicted molar refractivity (Wildman–Crippen MR) is 71.3 cm³/mol. The van der Waals surface area contributed by atoms with Gasteiger partial charge in [-0.25, -0.2) is 4.98 Å². The fourth-order valence-electron chi connectivity index (χ4n) is 2.38. The van der Waals surface area contributed by atoms with Gasteiger partial charge in [0, 0.05) is 5.56 Å². The first kappa shape index (κ1) is 11.5. The molecule has 94 valence electrons. The number of benzene rings is 1. The molecule has 3 rings (SSSR count). The Bertz CT molecular complexity index is 510. The minimum Gasteiger partial charge on any atom is -0.439 e. The van der Waals surface area contributed by atoms with Crippen LogP contribution in [0.2, 0.25) is 0 Å². The molecule has 0 bridgehead atoms. The van der Waals surface area contributed by atoms with Crippen molar-refractivity contribution in [1.82, 2.24) is 10.3 Å². The highest BCUT2D eigenvalue weighted by Crippen LogP contribution is 2.27. The summed E-state index contributed by atoms with van der Waals surface area (Å²) in [6.45, 7) is 3.22. The Morgan fingerprint density at radius 2 is 2.17 bits per heavy atom. The highest BCUT2D eigenvalue weighted by Gasteiger charge is 2.21. The summed E-state index contributed by atoms with van der Waals surface area (Å²) in [4.78, 5) is 4.39. The van der Waals surface area contributed by atoms with Crippen LogP contribution >= 0.6 is 0 Å². The Morgan fingerprint density at radius 3 is 2.83 bits per heavy atom. The lowest BCUT2D eigenvalue weighted by molar-refractivity contribution is 0.437. The van der Waals surface area contributed by atoms with E-state index in [1.54, 1.807) is 0 Å². The number of nitrogens with one attached hydrogen (secondary N) is 1. The second kappa shape index (κ2) is 4.94. The number of hydrogen-bond acceptors (Lipinski definition) is 3. The second-order valence-corrected chi connectivity index (χ2v) is 4.76. The summed E-state index contributed by atoms with van der Waals surface area (Å²) in [7, 11) is 0. The molecule has 0 spiro atoms. The highest BCUT2D eigenvalue weighted by atomic mass is 16.4. The average molecular weight is 242 g/mol. The molecule has 3 nitrogen and oxygen atoms in total. The molecule has 0 radical (unpaired) electrons. The van der Waals surface area contributed by atoms with Gasteiger partial charge in [0.15, 0.2) is 5.76 Å². The van der Waals surface area contributed by atoms with Gasteiger partial charge in [-0.15, -0.1) is 0 Å². The van der Waals surface area contributed by atoms with Crippen LogP contribution in [0, 0.1) is 0 Å². The van der Waals surface area contributed by atoms with E-state index in [2.05, 4.69) is 41.5 Å². The van der Waals surface area contributed by atoms with Gasteiger partial charge in [-0.1, -0.05) is 31.2 Å². The summed E-state index contributed by atoms with van der Waals surface area (Å²) < 4.78 is 5.85. The standard InChI is InChI=1S/C15H18N2O/c1-2-11-5-7-12(8-6-11)14-10-17-15(18-14)13-4-3-9-16-13/h5-8,10,13,16H,2-4,9H2,1H3. The zero-order valence-corrected chi connectivity index (χ0v) is 10.6. The molecule has 0 saturated carbocycles. The van der Waals surface area contributed by atoms with E-state index < -0.39 is 0 Å². The van der Waals surface area contributed by atoms with E-state index >= 15 is 0 Å². The average Bonchev–Trinajstić information content (AvgIpc) is 3.09. The summed E-state index contributed by atoms with van der Waals surface area (Å²) in [6.07, 6.45) is 5.21. The molecule has 0 aliphatic carbocycles. The van der Waals surface area contributed by atoms with Crippen molar-refractivity contribution in [2.45, 2.75) is 32.2 Å². The quantitative estimate of drug-likeness (QED) is 0.897. The molecular formula is C15H18N2O. The van der Waals surface area contributed by atoms with Gasteiger partial charge in [-0.05, 0) is 31.4 Å². The Morgan fingerprint density at radius 1 is 1.33 bits per heavy atom. The number of rotatable bonds is 3. The lowest BCUT2D eigenvalue weighted by Crippen LogP contribution is -2.12. The fourth-order valence-corrected chi connectivity index (χ4v) is 2.38. The molecule has 1 saturated heterocycles. The molecule has 1 aliphatic rings. The summed E-state index contributed by atoms with van der Waals surface area (Å²) in [5.74, 6) is 1.68. The lowest BCUT2D eigenvalue weighted by atomic mass is 10.1. The van der Waals surface area contributed by atoms with Crippen LogP contribution < -0.4 is 5.32 Å². The van der Waals surface area contributed by atoms with Gasteiger partial charge in [0.2, 0.25) is 5.89 Å². The molecule has 1 N–H and O–H groups in total. The van der Waals surface area contributed by atoms with E-state index in [9.17, 15) is 0 Å². The van der Waals surface area contributed by atoms with Gasteiger partial charge < -0.3 is 9.73 Å². The predicted octanol–water partition coefficient (Wildman–Crippen LogP) is 3.33. The topological polar surface area (TPSA) is 38.1 Å². The van der Waals surface area contributed by atoms with Crippen LogP contribution in [0.25, 0.3) is 11.3 Å². The van der Waals surface area contributed by atoms with Crippen LogP contribution in [-0.2, 0) is 6.42 Å². The summed E-state index contributed by atoms with van der Waals surface area (Å²) >= 11 is 0. The first-order valence-electron chi connectivity index (χ1n) is 6.65. The lowest BCUT2D eigenvalue weighted by Gasteiger charge is -2.04. The van der Waals surface area contributed by atoms with E-state index in [1.807, 2.05) is 6.20 Å². The van der Waals surface area contributed by atoms with Crippen molar-refractivity contribution in [3.05, 3.63) is 41.9 Å². The molecule has 1 aromatic carbocycles. The Hall–Kier alpha value is -1.61. The molecule has 1 aliphatic heterocycles. The number of nitrogens with zero attached hydrogens (tertiary/aromatic N) is 1. The zero-order valence-electron chi connectivity index (χ0n) is 10.6. The van der Waals surface area contributed by atoms with Gasteiger partial charge in [0.1, 0.15) is 0 Å². The maximum atomic E-state index is 5.85. The molecule has 1 unspecified atom stereocenters. The molecule has 3 heteroatoms. The van der Waals surface area contributed by atoms with Crippen molar-refractivity contribution in [3.8, 4) is 11.3 Å². The molecule has 0 amide bonds. The van der Waals surface area contributed by atoms with Crippen LogP contribution in [-0.4, -0.2) is 11.5 Å². The second-order valence-electron chi connectivity index (χ2n) is 4.76. The monoisotopic (exact) mass is 242 g/mol. The normalized spacial score (nSPS) is 19.3. The van der Waals surface area contributed by atoms with Crippen molar-refractivity contribution in [2.24, 2.45) is 0 Å². The maximum absolute atomic E-state index is 5.85. The smallest absolute Gasteiger partial charge is 0.212 e. The fraction of sp³-hybridized carbons (Fsp3) is 0.400. The molecule has 18 heavy (non-hydrogen) atoms. The molecular weight excluding hydrogens is 224 g/mol. The van der Waals surface area contributed by atoms with Crippen molar-refractivity contribution in [1.29, 1.82) is 0 Å². The Balaban J connectivity index is 1.82. The first-order valence-corrected chi connectivity index (χ1v) is 6.65. The van der Waals surface area contributed by atoms with Gasteiger partial charge in [0.05, 0.1) is 12.2 Å². The van der Waals surface area contributed by atoms with Crippen LogP contribution in [0.3, 0.4) is 0 Å². The summed E-state index contributed by atoms with van der Waals surface area (Å²) in [6, 6.07) is 8.79. The third-order valence-corrected chi connectivity index (χ3v) is 3.53. The molecule has 1 aromatic heterocycles. The van der Waals surface area contributed by atoms with Gasteiger partial charge in [-0.3, -0.25) is 0 Å². The zero-order chi connectivity index (χ0) is 12.4. The van der Waals surface area contributed by atoms with Crippen LogP contribution in [0.1, 0.15) is 37.3 Å². The number of aromatic nitrogens is 1. The van der Waals surface area contributed by atoms with Crippen molar-refractivity contribution in [3.63, 3.8) is 0 Å². The van der Waals surface area contributed by atoms with E-state index in [0.717, 1.165) is 36.6 Å². The van der Waals surface area contributed by atoms with E-state index in [4.69, 9.17) is 4.42 Å². The Labute approximate surface area is 107 Å². The van der Waals surface area contributed by atoms with Crippen molar-refractivity contribution >= 4 is 0 Å². The Kier molecular flexibility index (Phi) is 3.15. The minimum atomic E-state index is 0.300. The van der Waals surface area contributed by atoms with Crippen LogP contribution in [0.4, 0.5) is 0 Å². The largest absolute Gasteiger partial charge is 0.439 e. The van der Waals surface area contributed by atoms with Gasteiger partial charge in [-0.2, -0.15) is 0 Å². The third kappa shape index (κ3) is 2.18. The number of aryl methyl sites for hydroxylation is 1. The molecule has 1 fully saturated rings. The highest BCUT2D eigenvalue weighted by molar-refractivity contribution is 5.56. The van der Waals surface area contributed by atoms with Gasteiger partial charge in [0.25, 0.3) is 0 Å². The van der Waals surface area contributed by atoms with Crippen molar-refractivity contribution < 1.29 is 4.42 Å². The minimum absolute atomic E-state index is 0.300. The SMILES string of the molecule is CCc1ccc(-c2cnc(C3CCCN3)o2)cc1. The van der Waals surface area contributed by atoms with E-state index in [0.29, 0.717) is 6.04 Å². The first-order chi connectivity index (χ1) is 8.86. The number of oxazole rings is 1. The molecule has 2 heterocycles. The van der Waals surface area contributed by atoms with E-state index in [1.165, 1.54) is 12.0 Å². The van der Waals surface area contributed by atoms with Crippen LogP contribution in [0.15, 0.2) is 34.9 Å². The third-order valence-electron chi connectivity index (χ3n) is 3.53. The number of hydrogen-bond donors (Lipinski definition) is 1.